The summed E-state index contributed by atoms with van der Waals surface area (Å²) in [5.74, 6) is 0. The Bertz CT molecular complexity index is 242. The van der Waals surface area contributed by atoms with Gasteiger partial charge in [0.1, 0.15) is 0 Å². The largest absolute Gasteiger partial charge is 0.376 e. The first-order valence-corrected chi connectivity index (χ1v) is 6.85. The van der Waals surface area contributed by atoms with E-state index in [0.29, 0.717) is 12.7 Å². The first-order valence-electron chi connectivity index (χ1n) is 5.04. The molecule has 4 nitrogen and oxygen atoms in total. The van der Waals surface area contributed by atoms with Crippen molar-refractivity contribution in [3.63, 3.8) is 0 Å². The molecule has 0 heterocycles. The van der Waals surface area contributed by atoms with Crippen molar-refractivity contribution >= 4 is 10.1 Å². The average molecular weight is 222 g/mol. The van der Waals surface area contributed by atoms with Crippen molar-refractivity contribution in [2.24, 2.45) is 0 Å². The molecule has 1 aliphatic carbocycles. The van der Waals surface area contributed by atoms with E-state index in [1.54, 1.807) is 0 Å². The molecule has 0 unspecified atom stereocenters. The molecule has 1 aliphatic rings. The van der Waals surface area contributed by atoms with Crippen LogP contribution in [0.4, 0.5) is 0 Å². The molecule has 0 aliphatic heterocycles. The predicted octanol–water partition coefficient (Wildman–Crippen LogP) is 1.31. The van der Waals surface area contributed by atoms with Crippen molar-refractivity contribution in [2.75, 3.05) is 19.5 Å². The van der Waals surface area contributed by atoms with Crippen LogP contribution in [0, 0.1) is 0 Å². The van der Waals surface area contributed by atoms with Gasteiger partial charge in [-0.1, -0.05) is 19.3 Å². The monoisotopic (exact) mass is 222 g/mol. The summed E-state index contributed by atoms with van der Waals surface area (Å²) < 4.78 is 31.3. The van der Waals surface area contributed by atoms with Crippen molar-refractivity contribution < 1.29 is 17.3 Å². The lowest BCUT2D eigenvalue weighted by molar-refractivity contribution is 0.0139. The van der Waals surface area contributed by atoms with Crippen LogP contribution >= 0.6 is 0 Å². The minimum Gasteiger partial charge on any atom is -0.376 e. The van der Waals surface area contributed by atoms with Crippen molar-refractivity contribution in [3.8, 4) is 0 Å². The number of rotatable bonds is 5. The van der Waals surface area contributed by atoms with Gasteiger partial charge >= 0.3 is 0 Å². The highest BCUT2D eigenvalue weighted by Gasteiger charge is 2.13. The molecule has 0 aromatic heterocycles. The molecule has 0 spiro atoms. The summed E-state index contributed by atoms with van der Waals surface area (Å²) in [6, 6.07) is 0. The van der Waals surface area contributed by atoms with Crippen LogP contribution in [0.3, 0.4) is 0 Å². The average Bonchev–Trinajstić information content (AvgIpc) is 2.13. The van der Waals surface area contributed by atoms with E-state index in [9.17, 15) is 8.42 Å². The predicted molar refractivity (Wildman–Crippen MR) is 53.6 cm³/mol. The smallest absolute Gasteiger partial charge is 0.264 e. The van der Waals surface area contributed by atoms with E-state index in [2.05, 4.69) is 4.18 Å². The third kappa shape index (κ3) is 5.57. The van der Waals surface area contributed by atoms with Gasteiger partial charge in [0.05, 0.1) is 25.6 Å². The SMILES string of the molecule is CS(=O)(=O)OCCOC1CCCCC1. The Balaban J connectivity index is 2.03. The summed E-state index contributed by atoms with van der Waals surface area (Å²) in [6.45, 7) is 0.507. The third-order valence-electron chi connectivity index (χ3n) is 2.29. The maximum absolute atomic E-state index is 10.6. The molecule has 0 amide bonds. The molecule has 0 saturated heterocycles. The summed E-state index contributed by atoms with van der Waals surface area (Å²) in [6.07, 6.45) is 7.28. The molecule has 0 aromatic rings. The fourth-order valence-electron chi connectivity index (χ4n) is 1.63. The highest BCUT2D eigenvalue weighted by atomic mass is 32.2. The molecule has 0 atom stereocenters. The summed E-state index contributed by atoms with van der Waals surface area (Å²) in [4.78, 5) is 0. The van der Waals surface area contributed by atoms with Gasteiger partial charge in [-0.05, 0) is 12.8 Å². The first-order chi connectivity index (χ1) is 6.58. The molecule has 0 bridgehead atoms. The van der Waals surface area contributed by atoms with Gasteiger partial charge in [-0.25, -0.2) is 0 Å². The third-order valence-corrected chi connectivity index (χ3v) is 2.88. The Morgan fingerprint density at radius 1 is 1.14 bits per heavy atom. The Morgan fingerprint density at radius 3 is 2.36 bits per heavy atom. The Hall–Kier alpha value is -0.130. The van der Waals surface area contributed by atoms with Crippen molar-refractivity contribution in [1.29, 1.82) is 0 Å². The minimum atomic E-state index is -3.31. The van der Waals surface area contributed by atoms with Gasteiger partial charge in [0.2, 0.25) is 0 Å². The Kier molecular flexibility index (Phi) is 4.84. The summed E-state index contributed by atoms with van der Waals surface area (Å²) in [5.41, 5.74) is 0. The van der Waals surface area contributed by atoms with Crippen LogP contribution in [0.25, 0.3) is 0 Å². The topological polar surface area (TPSA) is 52.6 Å². The van der Waals surface area contributed by atoms with E-state index in [0.717, 1.165) is 19.1 Å². The van der Waals surface area contributed by atoms with Gasteiger partial charge in [-0.2, -0.15) is 8.42 Å². The zero-order chi connectivity index (χ0) is 10.4. The van der Waals surface area contributed by atoms with E-state index in [1.165, 1.54) is 19.3 Å². The van der Waals surface area contributed by atoms with Crippen molar-refractivity contribution in [1.82, 2.24) is 0 Å². The lowest BCUT2D eigenvalue weighted by atomic mass is 9.98. The molecule has 1 saturated carbocycles. The van der Waals surface area contributed by atoms with E-state index < -0.39 is 10.1 Å². The molecule has 1 rings (SSSR count). The second-order valence-corrected chi connectivity index (χ2v) is 5.30. The maximum Gasteiger partial charge on any atom is 0.264 e. The van der Waals surface area contributed by atoms with Crippen LogP contribution in [-0.4, -0.2) is 34.0 Å². The van der Waals surface area contributed by atoms with Gasteiger partial charge in [0.15, 0.2) is 0 Å². The number of hydrogen-bond donors (Lipinski definition) is 0. The van der Waals surface area contributed by atoms with E-state index in [-0.39, 0.29) is 6.61 Å². The minimum absolute atomic E-state index is 0.134. The lowest BCUT2D eigenvalue weighted by Gasteiger charge is -2.21. The van der Waals surface area contributed by atoms with Crippen LogP contribution in [0.15, 0.2) is 0 Å². The number of hydrogen-bond acceptors (Lipinski definition) is 4. The second kappa shape index (κ2) is 5.68. The van der Waals surface area contributed by atoms with Crippen LogP contribution < -0.4 is 0 Å². The Morgan fingerprint density at radius 2 is 1.79 bits per heavy atom. The molecule has 0 N–H and O–H groups in total. The molecule has 0 radical (unpaired) electrons. The fourth-order valence-corrected chi connectivity index (χ4v) is 2.00. The van der Waals surface area contributed by atoms with E-state index in [4.69, 9.17) is 4.74 Å². The molecular weight excluding hydrogens is 204 g/mol. The molecule has 14 heavy (non-hydrogen) atoms. The standard InChI is InChI=1S/C9H18O4S/c1-14(10,11)13-8-7-12-9-5-3-2-4-6-9/h9H,2-8H2,1H3. The van der Waals surface area contributed by atoms with E-state index >= 15 is 0 Å². The maximum atomic E-state index is 10.6. The van der Waals surface area contributed by atoms with Gasteiger partial charge < -0.3 is 4.74 Å². The molecule has 84 valence electrons. The molecule has 1 fully saturated rings. The van der Waals surface area contributed by atoms with Gasteiger partial charge in [0.25, 0.3) is 10.1 Å². The van der Waals surface area contributed by atoms with E-state index in [1.807, 2.05) is 0 Å². The van der Waals surface area contributed by atoms with Crippen molar-refractivity contribution in [2.45, 2.75) is 38.2 Å². The van der Waals surface area contributed by atoms with Gasteiger partial charge in [-0.3, -0.25) is 4.18 Å². The van der Waals surface area contributed by atoms with Crippen molar-refractivity contribution in [3.05, 3.63) is 0 Å². The number of ether oxygens (including phenoxy) is 1. The Labute approximate surface area is 85.7 Å². The van der Waals surface area contributed by atoms with Crippen LogP contribution in [0.5, 0.6) is 0 Å². The highest BCUT2D eigenvalue weighted by molar-refractivity contribution is 7.85. The zero-order valence-corrected chi connectivity index (χ0v) is 9.38. The lowest BCUT2D eigenvalue weighted by Crippen LogP contribution is -2.19. The molecular formula is C9H18O4S. The van der Waals surface area contributed by atoms with Gasteiger partial charge in [-0.15, -0.1) is 0 Å². The normalized spacial score (nSPS) is 19.8. The highest BCUT2D eigenvalue weighted by Crippen LogP contribution is 2.19. The fraction of sp³-hybridized carbons (Fsp3) is 1.00. The van der Waals surface area contributed by atoms with Gasteiger partial charge in [0, 0.05) is 0 Å². The first kappa shape index (κ1) is 11.9. The quantitative estimate of drug-likeness (QED) is 0.520. The summed E-state index contributed by atoms with van der Waals surface area (Å²) in [5, 5.41) is 0. The zero-order valence-electron chi connectivity index (χ0n) is 8.57. The summed E-state index contributed by atoms with van der Waals surface area (Å²) in [7, 11) is -3.31. The molecule has 0 aromatic carbocycles. The summed E-state index contributed by atoms with van der Waals surface area (Å²) >= 11 is 0. The second-order valence-electron chi connectivity index (χ2n) is 3.66. The van der Waals surface area contributed by atoms with Crippen LogP contribution in [0.1, 0.15) is 32.1 Å². The molecule has 5 heteroatoms. The van der Waals surface area contributed by atoms with Crippen LogP contribution in [0.2, 0.25) is 0 Å². The van der Waals surface area contributed by atoms with Crippen LogP contribution in [-0.2, 0) is 19.0 Å².